The summed E-state index contributed by atoms with van der Waals surface area (Å²) in [6.45, 7) is 6.25. The van der Waals surface area contributed by atoms with Crippen LogP contribution in [0.3, 0.4) is 0 Å². The fraction of sp³-hybridized carbons (Fsp3) is 0.381. The quantitative estimate of drug-likeness (QED) is 0.683. The predicted molar refractivity (Wildman–Crippen MR) is 107 cm³/mol. The lowest BCUT2D eigenvalue weighted by atomic mass is 10.2. The molecular formula is C21H26N4O2. The average molecular weight is 366 g/mol. The fourth-order valence-corrected chi connectivity index (χ4v) is 3.15. The Morgan fingerprint density at radius 2 is 2.07 bits per heavy atom. The van der Waals surface area contributed by atoms with Crippen molar-refractivity contribution in [2.24, 2.45) is 0 Å². The minimum Gasteiger partial charge on any atom is -0.497 e. The number of pyridine rings is 1. The van der Waals surface area contributed by atoms with Crippen LogP contribution in [0.4, 0.5) is 5.69 Å². The van der Waals surface area contributed by atoms with E-state index < -0.39 is 0 Å². The maximum absolute atomic E-state index is 11.4. The summed E-state index contributed by atoms with van der Waals surface area (Å²) < 4.78 is 7.52. The van der Waals surface area contributed by atoms with E-state index in [4.69, 9.17) is 14.7 Å². The molecule has 0 unspecified atom stereocenters. The summed E-state index contributed by atoms with van der Waals surface area (Å²) in [4.78, 5) is 21.0. The first-order valence-corrected chi connectivity index (χ1v) is 9.29. The summed E-state index contributed by atoms with van der Waals surface area (Å²) in [7, 11) is 1.67. The summed E-state index contributed by atoms with van der Waals surface area (Å²) in [5, 5.41) is 2.83. The van der Waals surface area contributed by atoms with Crippen LogP contribution in [0.1, 0.15) is 43.8 Å². The molecule has 0 fully saturated rings. The van der Waals surface area contributed by atoms with Crippen LogP contribution in [0.5, 0.6) is 5.75 Å². The van der Waals surface area contributed by atoms with Gasteiger partial charge in [-0.3, -0.25) is 4.79 Å². The highest BCUT2D eigenvalue weighted by atomic mass is 16.5. The van der Waals surface area contributed by atoms with Crippen LogP contribution in [0, 0.1) is 6.92 Å². The molecule has 2 aromatic heterocycles. The molecule has 0 saturated carbocycles. The van der Waals surface area contributed by atoms with E-state index in [0.29, 0.717) is 12.2 Å². The summed E-state index contributed by atoms with van der Waals surface area (Å²) >= 11 is 0. The molecule has 0 saturated heterocycles. The number of hydrogen-bond donors (Lipinski definition) is 1. The van der Waals surface area contributed by atoms with Crippen molar-refractivity contribution in [3.63, 3.8) is 0 Å². The lowest BCUT2D eigenvalue weighted by Crippen LogP contribution is -2.09. The van der Waals surface area contributed by atoms with Gasteiger partial charge >= 0.3 is 0 Å². The predicted octanol–water partition coefficient (Wildman–Crippen LogP) is 4.10. The van der Waals surface area contributed by atoms with Gasteiger partial charge in [0.05, 0.1) is 25.0 Å². The average Bonchev–Trinajstić information content (AvgIpc) is 2.96. The maximum atomic E-state index is 11.4. The zero-order chi connectivity index (χ0) is 19.4. The van der Waals surface area contributed by atoms with Crippen molar-refractivity contribution in [1.29, 1.82) is 0 Å². The molecule has 3 rings (SSSR count). The number of benzene rings is 1. The molecular weight excluding hydrogens is 340 g/mol. The Morgan fingerprint density at radius 3 is 2.78 bits per heavy atom. The number of aryl methyl sites for hydroxylation is 2. The molecule has 0 bridgehead atoms. The number of imidazole rings is 1. The van der Waals surface area contributed by atoms with Gasteiger partial charge in [0.2, 0.25) is 5.91 Å². The van der Waals surface area contributed by atoms with E-state index in [0.717, 1.165) is 53.3 Å². The third-order valence-corrected chi connectivity index (χ3v) is 4.53. The number of hydrogen-bond acceptors (Lipinski definition) is 4. The van der Waals surface area contributed by atoms with Crippen LogP contribution in [0.25, 0.3) is 11.2 Å². The first-order valence-electron chi connectivity index (χ1n) is 9.29. The minimum absolute atomic E-state index is 0.110. The maximum Gasteiger partial charge on any atom is 0.221 e. The Labute approximate surface area is 159 Å². The summed E-state index contributed by atoms with van der Waals surface area (Å²) in [5.41, 5.74) is 4.28. The number of anilines is 1. The molecule has 27 heavy (non-hydrogen) atoms. The largest absolute Gasteiger partial charge is 0.497 e. The van der Waals surface area contributed by atoms with Gasteiger partial charge in [-0.05, 0) is 37.1 Å². The molecule has 142 valence electrons. The third-order valence-electron chi connectivity index (χ3n) is 4.53. The van der Waals surface area contributed by atoms with Crippen molar-refractivity contribution in [2.75, 3.05) is 12.4 Å². The third kappa shape index (κ3) is 4.27. The van der Waals surface area contributed by atoms with E-state index in [-0.39, 0.29) is 5.91 Å². The highest BCUT2D eigenvalue weighted by Crippen LogP contribution is 2.24. The van der Waals surface area contributed by atoms with Gasteiger partial charge in [-0.1, -0.05) is 25.5 Å². The fourth-order valence-electron chi connectivity index (χ4n) is 3.15. The second kappa shape index (κ2) is 8.20. The number of ether oxygens (including phenoxy) is 1. The van der Waals surface area contributed by atoms with Gasteiger partial charge in [0, 0.05) is 13.3 Å². The van der Waals surface area contributed by atoms with Gasteiger partial charge in [-0.25, -0.2) is 9.97 Å². The number of rotatable bonds is 7. The Balaban J connectivity index is 2.06. The molecule has 1 aromatic carbocycles. The summed E-state index contributed by atoms with van der Waals surface area (Å²) in [5.74, 6) is 1.74. The number of unbranched alkanes of at least 4 members (excludes halogenated alkanes) is 1. The number of carbonyl (C=O) groups excluding carboxylic acids is 1. The Hall–Kier alpha value is -2.89. The number of fused-ring (bicyclic) bond motifs is 1. The van der Waals surface area contributed by atoms with Crippen LogP contribution in [0.15, 0.2) is 30.3 Å². The van der Waals surface area contributed by atoms with Crippen molar-refractivity contribution in [3.05, 3.63) is 47.4 Å². The normalized spacial score (nSPS) is 11.0. The van der Waals surface area contributed by atoms with Gasteiger partial charge in [0.1, 0.15) is 17.1 Å². The molecule has 6 heteroatoms. The van der Waals surface area contributed by atoms with Crippen molar-refractivity contribution >= 4 is 22.8 Å². The number of carbonyl (C=O) groups is 1. The van der Waals surface area contributed by atoms with E-state index in [9.17, 15) is 4.79 Å². The monoisotopic (exact) mass is 366 g/mol. The van der Waals surface area contributed by atoms with Gasteiger partial charge in [-0.2, -0.15) is 0 Å². The Kier molecular flexibility index (Phi) is 5.74. The van der Waals surface area contributed by atoms with Crippen molar-refractivity contribution in [3.8, 4) is 5.75 Å². The molecule has 0 spiro atoms. The molecule has 0 aliphatic heterocycles. The highest BCUT2D eigenvalue weighted by molar-refractivity contribution is 5.91. The number of methoxy groups -OCH3 is 1. The van der Waals surface area contributed by atoms with Gasteiger partial charge in [-0.15, -0.1) is 0 Å². The zero-order valence-electron chi connectivity index (χ0n) is 16.4. The van der Waals surface area contributed by atoms with Crippen LogP contribution in [-0.2, 0) is 17.8 Å². The van der Waals surface area contributed by atoms with E-state index in [2.05, 4.69) is 22.9 Å². The molecule has 0 aliphatic carbocycles. The molecule has 2 heterocycles. The van der Waals surface area contributed by atoms with Gasteiger partial charge < -0.3 is 14.6 Å². The van der Waals surface area contributed by atoms with E-state index in [1.165, 1.54) is 6.92 Å². The van der Waals surface area contributed by atoms with Crippen molar-refractivity contribution in [2.45, 2.75) is 46.6 Å². The molecule has 1 N–H and O–H groups in total. The SMILES string of the molecule is CCCCc1nc2cc(NC(C)=O)c(C)nc2n1Cc1cccc(OC)c1. The van der Waals surface area contributed by atoms with Crippen molar-refractivity contribution in [1.82, 2.24) is 14.5 Å². The molecule has 3 aromatic rings. The standard InChI is InChI=1S/C21H26N4O2/c1-5-6-10-20-24-19-12-18(23-15(3)26)14(2)22-21(19)25(20)13-16-8-7-9-17(11-16)27-4/h7-9,11-12H,5-6,10,13H2,1-4H3,(H,23,26). The smallest absolute Gasteiger partial charge is 0.221 e. The number of nitrogens with zero attached hydrogens (tertiary/aromatic N) is 3. The topological polar surface area (TPSA) is 69.0 Å². The number of amides is 1. The summed E-state index contributed by atoms with van der Waals surface area (Å²) in [6.07, 6.45) is 3.07. The lowest BCUT2D eigenvalue weighted by molar-refractivity contribution is -0.114. The van der Waals surface area contributed by atoms with Crippen LogP contribution >= 0.6 is 0 Å². The lowest BCUT2D eigenvalue weighted by Gasteiger charge is -2.11. The molecule has 0 radical (unpaired) electrons. The van der Waals surface area contributed by atoms with Gasteiger partial charge in [0.15, 0.2) is 5.65 Å². The van der Waals surface area contributed by atoms with E-state index >= 15 is 0 Å². The second-order valence-electron chi connectivity index (χ2n) is 6.71. The Bertz CT molecular complexity index is 962. The summed E-state index contributed by atoms with van der Waals surface area (Å²) in [6, 6.07) is 9.96. The Morgan fingerprint density at radius 1 is 1.26 bits per heavy atom. The van der Waals surface area contributed by atoms with Crippen LogP contribution < -0.4 is 10.1 Å². The molecule has 0 aliphatic rings. The molecule has 0 atom stereocenters. The number of aromatic nitrogens is 3. The second-order valence-corrected chi connectivity index (χ2v) is 6.71. The zero-order valence-corrected chi connectivity index (χ0v) is 16.4. The first kappa shape index (κ1) is 18.9. The minimum atomic E-state index is -0.110. The van der Waals surface area contributed by atoms with Crippen molar-refractivity contribution < 1.29 is 9.53 Å². The van der Waals surface area contributed by atoms with E-state index in [1.807, 2.05) is 31.2 Å². The van der Waals surface area contributed by atoms with Gasteiger partial charge in [0.25, 0.3) is 0 Å². The first-order chi connectivity index (χ1) is 13.0. The number of nitrogens with one attached hydrogen (secondary N) is 1. The highest BCUT2D eigenvalue weighted by Gasteiger charge is 2.15. The van der Waals surface area contributed by atoms with E-state index in [1.54, 1.807) is 7.11 Å². The molecule has 1 amide bonds. The van der Waals surface area contributed by atoms with Crippen LogP contribution in [-0.4, -0.2) is 27.6 Å². The molecule has 6 nitrogen and oxygen atoms in total. The van der Waals surface area contributed by atoms with Crippen LogP contribution in [0.2, 0.25) is 0 Å².